The van der Waals surface area contributed by atoms with Crippen molar-refractivity contribution in [3.63, 3.8) is 0 Å². The number of amides is 2. The van der Waals surface area contributed by atoms with E-state index in [0.717, 1.165) is 12.1 Å². The van der Waals surface area contributed by atoms with E-state index in [2.05, 4.69) is 10.4 Å². The quantitative estimate of drug-likeness (QED) is 0.939. The minimum absolute atomic E-state index is 0.105. The number of rotatable bonds is 3. The predicted molar refractivity (Wildman–Crippen MR) is 88.8 cm³/mol. The number of aryl methyl sites for hydroxylation is 1. The number of nitrogens with one attached hydrogen (secondary N) is 1. The Morgan fingerprint density at radius 2 is 2.22 bits per heavy atom. The number of benzene rings is 1. The van der Waals surface area contributed by atoms with Crippen LogP contribution in [0.1, 0.15) is 30.3 Å². The highest BCUT2D eigenvalue weighted by molar-refractivity contribution is 6.34. The molecule has 6 nitrogen and oxygen atoms in total. The van der Waals surface area contributed by atoms with Crippen molar-refractivity contribution in [3.05, 3.63) is 41.2 Å². The van der Waals surface area contributed by atoms with Crippen LogP contribution in [-0.2, 0) is 11.8 Å². The number of carbonyl (C=O) groups excluding carboxylic acids is 2. The molecule has 2 heterocycles. The number of halogens is 1. The topological polar surface area (TPSA) is 67.2 Å². The molecule has 1 saturated heterocycles. The highest BCUT2D eigenvalue weighted by Gasteiger charge is 2.28. The van der Waals surface area contributed by atoms with Crippen LogP contribution in [0.15, 0.2) is 30.5 Å². The van der Waals surface area contributed by atoms with Crippen LogP contribution in [0.25, 0.3) is 0 Å². The maximum absolute atomic E-state index is 12.3. The standard InChI is InChI=1S/C16H17ClN4O2/c1-10-6-7-14(22)21(10)12-5-3-4-11(8-12)18-16(23)15-13(17)9-20(2)19-15/h3-5,8-10H,6-7H2,1-2H3,(H,18,23). The van der Waals surface area contributed by atoms with Gasteiger partial charge in [-0.15, -0.1) is 0 Å². The molecule has 0 spiro atoms. The number of hydrogen-bond donors (Lipinski definition) is 1. The van der Waals surface area contributed by atoms with Gasteiger partial charge in [0.2, 0.25) is 5.91 Å². The van der Waals surface area contributed by atoms with Crippen molar-refractivity contribution in [1.82, 2.24) is 9.78 Å². The van der Waals surface area contributed by atoms with E-state index in [4.69, 9.17) is 11.6 Å². The molecule has 0 radical (unpaired) electrons. The third-order valence-electron chi connectivity index (χ3n) is 3.87. The molecule has 0 bridgehead atoms. The average Bonchev–Trinajstić information content (AvgIpc) is 3.01. The van der Waals surface area contributed by atoms with Crippen LogP contribution in [0.3, 0.4) is 0 Å². The van der Waals surface area contributed by atoms with Gasteiger partial charge in [0.05, 0.1) is 5.02 Å². The summed E-state index contributed by atoms with van der Waals surface area (Å²) in [6, 6.07) is 7.39. The minimum atomic E-state index is -0.381. The van der Waals surface area contributed by atoms with Gasteiger partial charge in [-0.3, -0.25) is 14.3 Å². The SMILES string of the molecule is CC1CCC(=O)N1c1cccc(NC(=O)c2nn(C)cc2Cl)c1. The number of anilines is 2. The summed E-state index contributed by atoms with van der Waals surface area (Å²) < 4.78 is 1.48. The van der Waals surface area contributed by atoms with Crippen LogP contribution in [0.4, 0.5) is 11.4 Å². The molecule has 0 aliphatic carbocycles. The molecule has 120 valence electrons. The summed E-state index contributed by atoms with van der Waals surface area (Å²) in [6.07, 6.45) is 2.97. The zero-order chi connectivity index (χ0) is 16.6. The van der Waals surface area contributed by atoms with Crippen molar-refractivity contribution in [2.24, 2.45) is 7.05 Å². The highest BCUT2D eigenvalue weighted by Crippen LogP contribution is 2.28. The Morgan fingerprint density at radius 1 is 1.43 bits per heavy atom. The van der Waals surface area contributed by atoms with E-state index < -0.39 is 0 Å². The molecular weight excluding hydrogens is 316 g/mol. The summed E-state index contributed by atoms with van der Waals surface area (Å²) in [4.78, 5) is 26.0. The Bertz CT molecular complexity index is 771. The highest BCUT2D eigenvalue weighted by atomic mass is 35.5. The van der Waals surface area contributed by atoms with Gasteiger partial charge in [0.1, 0.15) is 0 Å². The maximum Gasteiger partial charge on any atom is 0.277 e. The van der Waals surface area contributed by atoms with E-state index >= 15 is 0 Å². The van der Waals surface area contributed by atoms with Gasteiger partial charge < -0.3 is 10.2 Å². The normalized spacial score (nSPS) is 17.6. The van der Waals surface area contributed by atoms with Crippen molar-refractivity contribution in [2.45, 2.75) is 25.8 Å². The number of hydrogen-bond acceptors (Lipinski definition) is 3. The fraction of sp³-hybridized carbons (Fsp3) is 0.312. The van der Waals surface area contributed by atoms with E-state index in [1.165, 1.54) is 4.68 Å². The van der Waals surface area contributed by atoms with Crippen molar-refractivity contribution in [1.29, 1.82) is 0 Å². The molecule has 1 aromatic carbocycles. The molecule has 23 heavy (non-hydrogen) atoms. The number of aromatic nitrogens is 2. The third kappa shape index (κ3) is 3.07. The van der Waals surface area contributed by atoms with Gasteiger partial charge in [-0.05, 0) is 31.5 Å². The van der Waals surface area contributed by atoms with Crippen LogP contribution < -0.4 is 10.2 Å². The molecule has 1 aliphatic rings. The molecule has 1 atom stereocenters. The molecule has 3 rings (SSSR count). The molecule has 1 aliphatic heterocycles. The van der Waals surface area contributed by atoms with Gasteiger partial charge in [-0.1, -0.05) is 17.7 Å². The number of carbonyl (C=O) groups is 2. The zero-order valence-corrected chi connectivity index (χ0v) is 13.7. The molecule has 1 N–H and O–H groups in total. The molecule has 1 fully saturated rings. The summed E-state index contributed by atoms with van der Waals surface area (Å²) >= 11 is 5.98. The van der Waals surface area contributed by atoms with Gasteiger partial charge in [0.25, 0.3) is 5.91 Å². The Kier molecular flexibility index (Phi) is 4.09. The van der Waals surface area contributed by atoms with Gasteiger partial charge in [0.15, 0.2) is 5.69 Å². The molecule has 7 heteroatoms. The fourth-order valence-electron chi connectivity index (χ4n) is 2.76. The first kappa shape index (κ1) is 15.6. The third-order valence-corrected chi connectivity index (χ3v) is 4.14. The lowest BCUT2D eigenvalue weighted by Gasteiger charge is -2.22. The number of nitrogens with zero attached hydrogens (tertiary/aromatic N) is 3. The van der Waals surface area contributed by atoms with Crippen LogP contribution in [0.5, 0.6) is 0 Å². The summed E-state index contributed by atoms with van der Waals surface area (Å²) in [6.45, 7) is 2.02. The van der Waals surface area contributed by atoms with Crippen LogP contribution in [-0.4, -0.2) is 27.6 Å². The first-order valence-corrected chi connectivity index (χ1v) is 7.76. The van der Waals surface area contributed by atoms with Gasteiger partial charge in [0, 0.05) is 37.1 Å². The maximum atomic E-state index is 12.3. The van der Waals surface area contributed by atoms with E-state index in [1.54, 1.807) is 30.3 Å². The van der Waals surface area contributed by atoms with E-state index in [0.29, 0.717) is 17.1 Å². The Balaban J connectivity index is 1.82. The minimum Gasteiger partial charge on any atom is -0.320 e. The van der Waals surface area contributed by atoms with Crippen molar-refractivity contribution in [2.75, 3.05) is 10.2 Å². The average molecular weight is 333 g/mol. The zero-order valence-electron chi connectivity index (χ0n) is 12.9. The van der Waals surface area contributed by atoms with Crippen LogP contribution in [0, 0.1) is 0 Å². The van der Waals surface area contributed by atoms with Gasteiger partial charge in [-0.25, -0.2) is 0 Å². The molecule has 1 unspecified atom stereocenters. The molecule has 2 aromatic rings. The van der Waals surface area contributed by atoms with Crippen LogP contribution in [0.2, 0.25) is 5.02 Å². The van der Waals surface area contributed by atoms with E-state index in [1.807, 2.05) is 19.1 Å². The first-order chi connectivity index (χ1) is 11.0. The van der Waals surface area contributed by atoms with Gasteiger partial charge >= 0.3 is 0 Å². The monoisotopic (exact) mass is 332 g/mol. The molecular formula is C16H17ClN4O2. The summed E-state index contributed by atoms with van der Waals surface area (Å²) in [5.41, 5.74) is 1.55. The summed E-state index contributed by atoms with van der Waals surface area (Å²) in [5.74, 6) is -0.276. The smallest absolute Gasteiger partial charge is 0.277 e. The molecule has 1 aromatic heterocycles. The Labute approximate surface area is 139 Å². The van der Waals surface area contributed by atoms with Crippen molar-refractivity contribution >= 4 is 34.8 Å². The fourth-order valence-corrected chi connectivity index (χ4v) is 3.03. The van der Waals surface area contributed by atoms with Crippen molar-refractivity contribution < 1.29 is 9.59 Å². The second-order valence-electron chi connectivity index (χ2n) is 5.66. The largest absolute Gasteiger partial charge is 0.320 e. The predicted octanol–water partition coefficient (Wildman–Crippen LogP) is 2.84. The lowest BCUT2D eigenvalue weighted by Crippen LogP contribution is -2.30. The Morgan fingerprint density at radius 3 is 2.83 bits per heavy atom. The second-order valence-corrected chi connectivity index (χ2v) is 6.06. The van der Waals surface area contributed by atoms with E-state index in [-0.39, 0.29) is 23.6 Å². The first-order valence-electron chi connectivity index (χ1n) is 7.38. The Hall–Kier alpha value is -2.34. The lowest BCUT2D eigenvalue weighted by atomic mass is 10.2. The van der Waals surface area contributed by atoms with Crippen molar-refractivity contribution in [3.8, 4) is 0 Å². The van der Waals surface area contributed by atoms with Crippen LogP contribution >= 0.6 is 11.6 Å². The summed E-state index contributed by atoms with van der Waals surface area (Å²) in [7, 11) is 1.70. The van der Waals surface area contributed by atoms with Gasteiger partial charge in [-0.2, -0.15) is 5.10 Å². The summed E-state index contributed by atoms with van der Waals surface area (Å²) in [5, 5.41) is 7.10. The second kappa shape index (κ2) is 6.04. The van der Waals surface area contributed by atoms with E-state index in [9.17, 15) is 9.59 Å². The molecule has 0 saturated carbocycles. The molecule has 2 amide bonds. The lowest BCUT2D eigenvalue weighted by molar-refractivity contribution is -0.117.